The number of carbonyl (C=O) groups is 3. The Kier molecular flexibility index (Phi) is 5.56. The molecular formula is C19H25N3O4. The van der Waals surface area contributed by atoms with E-state index in [1.54, 1.807) is 24.3 Å². The van der Waals surface area contributed by atoms with Crippen molar-refractivity contribution in [1.82, 2.24) is 4.90 Å². The third-order valence-electron chi connectivity index (χ3n) is 5.32. The van der Waals surface area contributed by atoms with Crippen molar-refractivity contribution in [2.24, 2.45) is 5.92 Å². The smallest absolute Gasteiger partial charge is 0.320 e. The minimum absolute atomic E-state index is 0.0889. The summed E-state index contributed by atoms with van der Waals surface area (Å²) in [4.78, 5) is 37.0. The SMILES string of the molecule is CC(=O)Nc1ccc(NC(=O)CN2C(C(=O)O)CC3CCCCC32)cc1. The number of carboxylic acids is 1. The molecule has 2 amide bonds. The fourth-order valence-corrected chi connectivity index (χ4v) is 4.23. The molecule has 0 bridgehead atoms. The normalized spacial score (nSPS) is 25.3. The summed E-state index contributed by atoms with van der Waals surface area (Å²) in [6, 6.07) is 6.47. The Morgan fingerprint density at radius 1 is 1.08 bits per heavy atom. The maximum atomic E-state index is 12.5. The van der Waals surface area contributed by atoms with Crippen molar-refractivity contribution in [2.75, 3.05) is 17.2 Å². The molecule has 3 unspecified atom stereocenters. The number of rotatable bonds is 5. The number of nitrogens with zero attached hydrogens (tertiary/aromatic N) is 1. The highest BCUT2D eigenvalue weighted by Crippen LogP contribution is 2.39. The van der Waals surface area contributed by atoms with Crippen LogP contribution in [0.25, 0.3) is 0 Å². The fraction of sp³-hybridized carbons (Fsp3) is 0.526. The van der Waals surface area contributed by atoms with Crippen molar-refractivity contribution in [3.05, 3.63) is 24.3 Å². The lowest BCUT2D eigenvalue weighted by Crippen LogP contribution is -2.46. The molecule has 3 atom stereocenters. The topological polar surface area (TPSA) is 98.7 Å². The summed E-state index contributed by atoms with van der Waals surface area (Å²) in [7, 11) is 0. The van der Waals surface area contributed by atoms with Gasteiger partial charge in [-0.3, -0.25) is 19.3 Å². The molecule has 0 spiro atoms. The number of nitrogens with one attached hydrogen (secondary N) is 2. The quantitative estimate of drug-likeness (QED) is 0.749. The second kappa shape index (κ2) is 7.86. The van der Waals surface area contributed by atoms with Crippen molar-refractivity contribution in [3.63, 3.8) is 0 Å². The highest BCUT2D eigenvalue weighted by atomic mass is 16.4. The van der Waals surface area contributed by atoms with Gasteiger partial charge in [-0.05, 0) is 49.4 Å². The summed E-state index contributed by atoms with van der Waals surface area (Å²) >= 11 is 0. The van der Waals surface area contributed by atoms with Crippen LogP contribution in [0.3, 0.4) is 0 Å². The Morgan fingerprint density at radius 3 is 2.31 bits per heavy atom. The Morgan fingerprint density at radius 2 is 1.69 bits per heavy atom. The van der Waals surface area contributed by atoms with Crippen molar-refractivity contribution in [2.45, 2.75) is 51.1 Å². The number of hydrogen-bond acceptors (Lipinski definition) is 4. The van der Waals surface area contributed by atoms with Gasteiger partial charge in [0.2, 0.25) is 11.8 Å². The lowest BCUT2D eigenvalue weighted by Gasteiger charge is -2.32. The second-order valence-corrected chi connectivity index (χ2v) is 7.18. The summed E-state index contributed by atoms with van der Waals surface area (Å²) in [5.74, 6) is -0.825. The molecule has 1 aliphatic heterocycles. The van der Waals surface area contributed by atoms with Crippen LogP contribution in [0.1, 0.15) is 39.0 Å². The van der Waals surface area contributed by atoms with Gasteiger partial charge >= 0.3 is 5.97 Å². The Hall–Kier alpha value is -2.41. The van der Waals surface area contributed by atoms with Gasteiger partial charge in [0, 0.05) is 24.3 Å². The van der Waals surface area contributed by atoms with Gasteiger partial charge in [0.05, 0.1) is 6.54 Å². The van der Waals surface area contributed by atoms with Gasteiger partial charge in [-0.25, -0.2) is 0 Å². The standard InChI is InChI=1S/C19H25N3O4/c1-12(23)20-14-6-8-15(9-7-14)21-18(24)11-22-16-5-3-2-4-13(16)10-17(22)19(25)26/h6-9,13,16-17H,2-5,10-11H2,1H3,(H,20,23)(H,21,24)(H,25,26). The van der Waals surface area contributed by atoms with Gasteiger partial charge in [-0.2, -0.15) is 0 Å². The number of carbonyl (C=O) groups excluding carboxylic acids is 2. The Bertz CT molecular complexity index is 689. The summed E-state index contributed by atoms with van der Waals surface area (Å²) in [5.41, 5.74) is 1.28. The van der Waals surface area contributed by atoms with Crippen LogP contribution in [-0.2, 0) is 14.4 Å². The summed E-state index contributed by atoms with van der Waals surface area (Å²) in [6.45, 7) is 1.52. The van der Waals surface area contributed by atoms with Gasteiger partial charge in [0.15, 0.2) is 0 Å². The zero-order chi connectivity index (χ0) is 18.7. The number of fused-ring (bicyclic) bond motifs is 1. The zero-order valence-electron chi connectivity index (χ0n) is 14.9. The molecule has 0 radical (unpaired) electrons. The predicted molar refractivity (Wildman–Crippen MR) is 97.9 cm³/mol. The first-order valence-electron chi connectivity index (χ1n) is 9.10. The lowest BCUT2D eigenvalue weighted by atomic mass is 9.85. The first-order chi connectivity index (χ1) is 12.4. The molecule has 7 heteroatoms. The maximum absolute atomic E-state index is 12.5. The molecule has 1 heterocycles. The van der Waals surface area contributed by atoms with E-state index in [-0.39, 0.29) is 24.4 Å². The molecule has 1 saturated heterocycles. The van der Waals surface area contributed by atoms with Gasteiger partial charge in [-0.15, -0.1) is 0 Å². The number of carboxylic acid groups (broad SMARTS) is 1. The van der Waals surface area contributed by atoms with Crippen molar-refractivity contribution >= 4 is 29.2 Å². The van der Waals surface area contributed by atoms with Crippen LogP contribution in [0, 0.1) is 5.92 Å². The predicted octanol–water partition coefficient (Wildman–Crippen LogP) is 2.30. The van der Waals surface area contributed by atoms with Crippen LogP contribution < -0.4 is 10.6 Å². The largest absolute Gasteiger partial charge is 0.480 e. The van der Waals surface area contributed by atoms with Gasteiger partial charge in [0.1, 0.15) is 6.04 Å². The monoisotopic (exact) mass is 359 g/mol. The van der Waals surface area contributed by atoms with E-state index in [1.807, 2.05) is 4.90 Å². The summed E-state index contributed by atoms with van der Waals surface area (Å²) in [6.07, 6.45) is 4.90. The van der Waals surface area contributed by atoms with E-state index in [9.17, 15) is 19.5 Å². The van der Waals surface area contributed by atoms with Crippen molar-refractivity contribution in [3.8, 4) is 0 Å². The molecule has 0 aromatic heterocycles. The van der Waals surface area contributed by atoms with Crippen LogP contribution in [0.4, 0.5) is 11.4 Å². The van der Waals surface area contributed by atoms with E-state index in [0.29, 0.717) is 23.7 Å². The van der Waals surface area contributed by atoms with Gasteiger partial charge < -0.3 is 15.7 Å². The van der Waals surface area contributed by atoms with Gasteiger partial charge in [-0.1, -0.05) is 12.8 Å². The number of amides is 2. The number of anilines is 2. The molecule has 2 aliphatic rings. The van der Waals surface area contributed by atoms with Crippen LogP contribution in [0.2, 0.25) is 0 Å². The van der Waals surface area contributed by atoms with E-state index in [4.69, 9.17) is 0 Å². The third-order valence-corrected chi connectivity index (χ3v) is 5.32. The highest BCUT2D eigenvalue weighted by Gasteiger charge is 2.45. The summed E-state index contributed by atoms with van der Waals surface area (Å²) < 4.78 is 0. The molecule has 2 fully saturated rings. The van der Waals surface area contributed by atoms with E-state index in [1.165, 1.54) is 6.92 Å². The molecule has 1 aromatic rings. The molecule has 1 aliphatic carbocycles. The third kappa shape index (κ3) is 4.22. The Labute approximate surface area is 152 Å². The summed E-state index contributed by atoms with van der Waals surface area (Å²) in [5, 5.41) is 15.0. The molecule has 1 saturated carbocycles. The molecule has 140 valence electrons. The minimum atomic E-state index is -0.841. The fourth-order valence-electron chi connectivity index (χ4n) is 4.23. The molecule has 7 nitrogen and oxygen atoms in total. The van der Waals surface area contributed by atoms with Crippen molar-refractivity contribution < 1.29 is 19.5 Å². The highest BCUT2D eigenvalue weighted by molar-refractivity contribution is 5.93. The maximum Gasteiger partial charge on any atom is 0.320 e. The lowest BCUT2D eigenvalue weighted by molar-refractivity contribution is -0.143. The van der Waals surface area contributed by atoms with Crippen LogP contribution >= 0.6 is 0 Å². The first kappa shape index (κ1) is 18.4. The van der Waals surface area contributed by atoms with Crippen LogP contribution in [-0.4, -0.2) is 46.4 Å². The second-order valence-electron chi connectivity index (χ2n) is 7.18. The van der Waals surface area contributed by atoms with E-state index in [0.717, 1.165) is 25.7 Å². The van der Waals surface area contributed by atoms with E-state index in [2.05, 4.69) is 10.6 Å². The number of likely N-dealkylation sites (tertiary alicyclic amines) is 1. The van der Waals surface area contributed by atoms with E-state index < -0.39 is 12.0 Å². The number of benzene rings is 1. The molecular weight excluding hydrogens is 334 g/mol. The van der Waals surface area contributed by atoms with Crippen LogP contribution in [0.15, 0.2) is 24.3 Å². The number of aliphatic carboxylic acids is 1. The average molecular weight is 359 g/mol. The molecule has 3 N–H and O–H groups in total. The number of hydrogen-bond donors (Lipinski definition) is 3. The molecule has 3 rings (SSSR count). The Balaban J connectivity index is 1.62. The average Bonchev–Trinajstić information content (AvgIpc) is 2.95. The van der Waals surface area contributed by atoms with Crippen molar-refractivity contribution in [1.29, 1.82) is 0 Å². The molecule has 1 aromatic carbocycles. The van der Waals surface area contributed by atoms with Gasteiger partial charge in [0.25, 0.3) is 0 Å². The first-order valence-corrected chi connectivity index (χ1v) is 9.10. The zero-order valence-corrected chi connectivity index (χ0v) is 14.9. The van der Waals surface area contributed by atoms with Crippen LogP contribution in [0.5, 0.6) is 0 Å². The van der Waals surface area contributed by atoms with E-state index >= 15 is 0 Å². The molecule has 26 heavy (non-hydrogen) atoms. The minimum Gasteiger partial charge on any atom is -0.480 e.